The van der Waals surface area contributed by atoms with Crippen molar-refractivity contribution in [3.05, 3.63) is 64.9 Å². The van der Waals surface area contributed by atoms with Gasteiger partial charge in [0.1, 0.15) is 18.6 Å². The molecule has 2 aromatic heterocycles. The Kier molecular flexibility index (Phi) is 4.55. The summed E-state index contributed by atoms with van der Waals surface area (Å²) in [5.74, 6) is 0.721. The molecule has 3 rings (SSSR count). The molecule has 0 saturated heterocycles. The van der Waals surface area contributed by atoms with Crippen molar-refractivity contribution in [1.82, 2.24) is 20.1 Å². The van der Waals surface area contributed by atoms with E-state index in [1.54, 1.807) is 30.5 Å². The van der Waals surface area contributed by atoms with Crippen molar-refractivity contribution < 1.29 is 14.1 Å². The van der Waals surface area contributed by atoms with Crippen LogP contribution < -0.4 is 5.32 Å². The number of nitrogens with zero attached hydrogens (tertiary/aromatic N) is 4. The van der Waals surface area contributed by atoms with Crippen LogP contribution in [0.5, 0.6) is 0 Å². The fourth-order valence-corrected chi connectivity index (χ4v) is 2.30. The van der Waals surface area contributed by atoms with Gasteiger partial charge in [-0.2, -0.15) is 5.10 Å². The third-order valence-electron chi connectivity index (χ3n) is 3.50. The summed E-state index contributed by atoms with van der Waals surface area (Å²) >= 11 is 0. The molecule has 9 nitrogen and oxygen atoms in total. The summed E-state index contributed by atoms with van der Waals surface area (Å²) in [6.07, 6.45) is 2.95. The highest BCUT2D eigenvalue weighted by Gasteiger charge is 2.14. The molecule has 0 saturated carbocycles. The lowest BCUT2D eigenvalue weighted by Gasteiger charge is -2.11. The van der Waals surface area contributed by atoms with Crippen LogP contribution in [-0.2, 0) is 11.3 Å². The smallest absolute Gasteiger partial charge is 0.270 e. The monoisotopic (exact) mass is 341 g/mol. The second-order valence-corrected chi connectivity index (χ2v) is 5.38. The molecule has 0 radical (unpaired) electrons. The first kappa shape index (κ1) is 16.4. The Bertz CT molecular complexity index is 888. The van der Waals surface area contributed by atoms with Crippen molar-refractivity contribution in [1.29, 1.82) is 0 Å². The Morgan fingerprint density at radius 2 is 2.24 bits per heavy atom. The van der Waals surface area contributed by atoms with Crippen LogP contribution >= 0.6 is 0 Å². The lowest BCUT2D eigenvalue weighted by Crippen LogP contribution is -2.30. The van der Waals surface area contributed by atoms with Crippen molar-refractivity contribution in [2.75, 3.05) is 0 Å². The number of hydrogen-bond acceptors (Lipinski definition) is 6. The van der Waals surface area contributed by atoms with Crippen LogP contribution in [0.25, 0.3) is 11.4 Å². The largest absolute Gasteiger partial charge is 0.467 e. The Hall–Kier alpha value is -3.49. The van der Waals surface area contributed by atoms with Gasteiger partial charge in [-0.25, -0.2) is 9.67 Å². The van der Waals surface area contributed by atoms with Gasteiger partial charge in [0.2, 0.25) is 5.91 Å². The Labute approximate surface area is 142 Å². The highest BCUT2D eigenvalue weighted by atomic mass is 16.6. The molecule has 0 aliphatic carbocycles. The van der Waals surface area contributed by atoms with E-state index in [0.717, 1.165) is 0 Å². The van der Waals surface area contributed by atoms with E-state index in [9.17, 15) is 14.9 Å². The summed E-state index contributed by atoms with van der Waals surface area (Å²) < 4.78 is 6.61. The fourth-order valence-electron chi connectivity index (χ4n) is 2.30. The summed E-state index contributed by atoms with van der Waals surface area (Å²) in [6.45, 7) is 1.79. The molecule has 0 bridgehead atoms. The molecule has 0 aliphatic heterocycles. The Balaban J connectivity index is 1.66. The van der Waals surface area contributed by atoms with Gasteiger partial charge in [-0.3, -0.25) is 14.9 Å². The summed E-state index contributed by atoms with van der Waals surface area (Å²) in [6, 6.07) is 9.28. The van der Waals surface area contributed by atoms with E-state index < -0.39 is 4.92 Å². The van der Waals surface area contributed by atoms with Crippen LogP contribution in [0.2, 0.25) is 0 Å². The predicted molar refractivity (Wildman–Crippen MR) is 87.4 cm³/mol. The zero-order valence-electron chi connectivity index (χ0n) is 13.3. The number of carbonyl (C=O) groups is 1. The summed E-state index contributed by atoms with van der Waals surface area (Å²) in [5, 5.41) is 17.8. The Morgan fingerprint density at radius 3 is 2.96 bits per heavy atom. The molecule has 0 aliphatic rings. The molecule has 128 valence electrons. The third kappa shape index (κ3) is 3.89. The number of benzene rings is 1. The molecule has 1 N–H and O–H groups in total. The molecular formula is C16H15N5O4. The Morgan fingerprint density at radius 1 is 1.40 bits per heavy atom. The van der Waals surface area contributed by atoms with Crippen LogP contribution in [0.3, 0.4) is 0 Å². The SMILES string of the molecule is CC(NC(=O)Cn1cnc(-c2cccc([N+](=O)[O-])c2)n1)c1ccco1. The van der Waals surface area contributed by atoms with Gasteiger partial charge in [0.25, 0.3) is 5.69 Å². The topological polar surface area (TPSA) is 116 Å². The first-order valence-electron chi connectivity index (χ1n) is 7.50. The zero-order chi connectivity index (χ0) is 17.8. The molecule has 9 heteroatoms. The number of furan rings is 1. The number of hydrogen-bond donors (Lipinski definition) is 1. The molecule has 0 spiro atoms. The van der Waals surface area contributed by atoms with Crippen LogP contribution in [0.4, 0.5) is 5.69 Å². The molecule has 1 aromatic carbocycles. The molecular weight excluding hydrogens is 326 g/mol. The highest BCUT2D eigenvalue weighted by molar-refractivity contribution is 5.76. The zero-order valence-corrected chi connectivity index (χ0v) is 13.3. The van der Waals surface area contributed by atoms with Gasteiger partial charge < -0.3 is 9.73 Å². The minimum atomic E-state index is -0.482. The second-order valence-electron chi connectivity index (χ2n) is 5.38. The van der Waals surface area contributed by atoms with Gasteiger partial charge in [-0.15, -0.1) is 0 Å². The maximum Gasteiger partial charge on any atom is 0.270 e. The van der Waals surface area contributed by atoms with Crippen molar-refractivity contribution in [2.45, 2.75) is 19.5 Å². The first-order chi connectivity index (χ1) is 12.0. The minimum absolute atomic E-state index is 0.0209. The maximum absolute atomic E-state index is 12.1. The fraction of sp³-hybridized carbons (Fsp3) is 0.188. The van der Waals surface area contributed by atoms with Crippen LogP contribution in [-0.4, -0.2) is 25.6 Å². The quantitative estimate of drug-likeness (QED) is 0.543. The second kappa shape index (κ2) is 6.95. The molecule has 1 unspecified atom stereocenters. The molecule has 25 heavy (non-hydrogen) atoms. The number of aromatic nitrogens is 3. The average Bonchev–Trinajstić information content (AvgIpc) is 3.26. The highest BCUT2D eigenvalue weighted by Crippen LogP contribution is 2.20. The van der Waals surface area contributed by atoms with E-state index in [4.69, 9.17) is 4.42 Å². The van der Waals surface area contributed by atoms with Crippen molar-refractivity contribution >= 4 is 11.6 Å². The number of nitro groups is 1. The van der Waals surface area contributed by atoms with E-state index >= 15 is 0 Å². The average molecular weight is 341 g/mol. The molecule has 1 atom stereocenters. The number of carbonyl (C=O) groups excluding carboxylic acids is 1. The molecule has 0 fully saturated rings. The molecule has 2 heterocycles. The lowest BCUT2D eigenvalue weighted by molar-refractivity contribution is -0.384. The first-order valence-corrected chi connectivity index (χ1v) is 7.50. The normalized spacial score (nSPS) is 11.9. The number of non-ortho nitro benzene ring substituents is 1. The maximum atomic E-state index is 12.1. The standard InChI is InChI=1S/C16H15N5O4/c1-11(14-6-3-7-25-14)18-15(22)9-20-10-17-16(19-20)12-4-2-5-13(8-12)21(23)24/h2-8,10-11H,9H2,1H3,(H,18,22). The van der Waals surface area contributed by atoms with Crippen LogP contribution in [0.15, 0.2) is 53.4 Å². The van der Waals surface area contributed by atoms with Gasteiger partial charge in [0.15, 0.2) is 5.82 Å². The van der Waals surface area contributed by atoms with Gasteiger partial charge >= 0.3 is 0 Å². The van der Waals surface area contributed by atoms with E-state index in [-0.39, 0.29) is 24.2 Å². The van der Waals surface area contributed by atoms with E-state index in [0.29, 0.717) is 17.1 Å². The minimum Gasteiger partial charge on any atom is -0.467 e. The lowest BCUT2D eigenvalue weighted by atomic mass is 10.2. The summed E-state index contributed by atoms with van der Waals surface area (Å²) in [4.78, 5) is 26.5. The summed E-state index contributed by atoms with van der Waals surface area (Å²) in [7, 11) is 0. The van der Waals surface area contributed by atoms with E-state index in [1.807, 2.05) is 6.92 Å². The van der Waals surface area contributed by atoms with Crippen molar-refractivity contribution in [2.24, 2.45) is 0 Å². The van der Waals surface area contributed by atoms with Gasteiger partial charge in [0.05, 0.1) is 17.2 Å². The number of rotatable bonds is 6. The molecule has 3 aromatic rings. The van der Waals surface area contributed by atoms with Crippen molar-refractivity contribution in [3.63, 3.8) is 0 Å². The van der Waals surface area contributed by atoms with Gasteiger partial charge in [-0.1, -0.05) is 12.1 Å². The van der Waals surface area contributed by atoms with Crippen LogP contribution in [0.1, 0.15) is 18.7 Å². The van der Waals surface area contributed by atoms with E-state index in [1.165, 1.54) is 23.1 Å². The third-order valence-corrected chi connectivity index (χ3v) is 3.50. The van der Waals surface area contributed by atoms with Crippen molar-refractivity contribution in [3.8, 4) is 11.4 Å². The number of amides is 1. The summed E-state index contributed by atoms with van der Waals surface area (Å²) in [5.41, 5.74) is 0.469. The van der Waals surface area contributed by atoms with Crippen LogP contribution in [0, 0.1) is 10.1 Å². The van der Waals surface area contributed by atoms with Gasteiger partial charge in [-0.05, 0) is 19.1 Å². The molecule has 1 amide bonds. The number of nitrogens with one attached hydrogen (secondary N) is 1. The van der Waals surface area contributed by atoms with E-state index in [2.05, 4.69) is 15.4 Å². The van der Waals surface area contributed by atoms with Gasteiger partial charge in [0, 0.05) is 17.7 Å². The number of nitro benzene ring substituents is 1. The predicted octanol–water partition coefficient (Wildman–Crippen LogP) is 2.32.